The first kappa shape index (κ1) is 18.6. The van der Waals surface area contributed by atoms with Crippen LogP contribution in [0.25, 0.3) is 0 Å². The molecule has 1 aliphatic heterocycles. The molecule has 0 saturated carbocycles. The van der Waals surface area contributed by atoms with E-state index in [1.807, 2.05) is 18.2 Å². The number of aromatic nitrogens is 2. The fraction of sp³-hybridized carbons (Fsp3) is 0.353. The second kappa shape index (κ2) is 7.59. The topological polar surface area (TPSA) is 92.3 Å². The molecule has 0 bridgehead atoms. The van der Waals surface area contributed by atoms with Crippen LogP contribution in [0.5, 0.6) is 0 Å². The van der Waals surface area contributed by atoms with Crippen molar-refractivity contribution in [2.24, 2.45) is 0 Å². The summed E-state index contributed by atoms with van der Waals surface area (Å²) >= 11 is 6.10. The van der Waals surface area contributed by atoms with Crippen LogP contribution in [0.2, 0.25) is 5.02 Å². The van der Waals surface area contributed by atoms with Crippen LogP contribution in [-0.4, -0.2) is 53.8 Å². The van der Waals surface area contributed by atoms with Gasteiger partial charge in [0.25, 0.3) is 5.91 Å². The molecule has 1 saturated heterocycles. The number of hydrogen-bond donors (Lipinski definition) is 1. The number of carbonyl (C=O) groups excluding carboxylic acids is 1. The van der Waals surface area contributed by atoms with E-state index in [1.54, 1.807) is 13.1 Å². The molecule has 0 spiro atoms. The van der Waals surface area contributed by atoms with Crippen LogP contribution in [0.4, 0.5) is 5.95 Å². The Kier molecular flexibility index (Phi) is 5.43. The summed E-state index contributed by atoms with van der Waals surface area (Å²) in [5.74, 6) is 0.224. The summed E-state index contributed by atoms with van der Waals surface area (Å²) in [4.78, 5) is 22.3. The minimum atomic E-state index is -3.05. The van der Waals surface area contributed by atoms with Crippen LogP contribution < -0.4 is 5.32 Å². The SMILES string of the molecule is CN(C(=O)c1cnc(NCc2ccccc2Cl)nc1)C1CCS(=O)(=O)C1. The minimum absolute atomic E-state index is 0.00751. The van der Waals surface area contributed by atoms with Crippen molar-refractivity contribution in [3.05, 3.63) is 52.8 Å². The van der Waals surface area contributed by atoms with Gasteiger partial charge in [-0.2, -0.15) is 0 Å². The van der Waals surface area contributed by atoms with Crippen molar-refractivity contribution in [2.45, 2.75) is 19.0 Å². The van der Waals surface area contributed by atoms with E-state index in [9.17, 15) is 13.2 Å². The number of nitrogens with zero attached hydrogens (tertiary/aromatic N) is 3. The van der Waals surface area contributed by atoms with E-state index in [0.29, 0.717) is 29.5 Å². The molecule has 0 aliphatic carbocycles. The maximum atomic E-state index is 12.5. The maximum Gasteiger partial charge on any atom is 0.257 e. The lowest BCUT2D eigenvalue weighted by atomic mass is 10.2. The van der Waals surface area contributed by atoms with Gasteiger partial charge in [0.2, 0.25) is 5.95 Å². The fourth-order valence-electron chi connectivity index (χ4n) is 2.80. The summed E-state index contributed by atoms with van der Waals surface area (Å²) in [6, 6.07) is 7.16. The fourth-order valence-corrected chi connectivity index (χ4v) is 4.77. The van der Waals surface area contributed by atoms with E-state index in [-0.39, 0.29) is 23.5 Å². The number of benzene rings is 1. The number of rotatable bonds is 5. The number of halogens is 1. The number of hydrogen-bond acceptors (Lipinski definition) is 6. The van der Waals surface area contributed by atoms with Crippen LogP contribution in [0.1, 0.15) is 22.3 Å². The van der Waals surface area contributed by atoms with Crippen molar-refractivity contribution in [2.75, 3.05) is 23.9 Å². The number of carbonyl (C=O) groups is 1. The molecular weight excluding hydrogens is 376 g/mol. The zero-order chi connectivity index (χ0) is 18.7. The Hall–Kier alpha value is -2.19. The molecule has 1 amide bonds. The highest BCUT2D eigenvalue weighted by Gasteiger charge is 2.33. The molecule has 1 N–H and O–H groups in total. The van der Waals surface area contributed by atoms with Crippen LogP contribution in [0.15, 0.2) is 36.7 Å². The second-order valence-corrected chi connectivity index (χ2v) is 8.85. The van der Waals surface area contributed by atoms with Gasteiger partial charge in [-0.05, 0) is 18.1 Å². The summed E-state index contributed by atoms with van der Waals surface area (Å²) in [6.45, 7) is 0.465. The minimum Gasteiger partial charge on any atom is -0.350 e. The lowest BCUT2D eigenvalue weighted by molar-refractivity contribution is 0.0747. The highest BCUT2D eigenvalue weighted by Crippen LogP contribution is 2.19. The molecule has 2 heterocycles. The first-order chi connectivity index (χ1) is 12.4. The lowest BCUT2D eigenvalue weighted by Crippen LogP contribution is -2.37. The number of amides is 1. The van der Waals surface area contributed by atoms with Gasteiger partial charge in [-0.1, -0.05) is 29.8 Å². The first-order valence-electron chi connectivity index (χ1n) is 8.12. The zero-order valence-corrected chi connectivity index (χ0v) is 15.8. The number of sulfone groups is 1. The number of anilines is 1. The highest BCUT2D eigenvalue weighted by atomic mass is 35.5. The normalized spacial score (nSPS) is 18.5. The Morgan fingerprint density at radius 1 is 1.31 bits per heavy atom. The summed E-state index contributed by atoms with van der Waals surface area (Å²) < 4.78 is 23.2. The van der Waals surface area contributed by atoms with Gasteiger partial charge >= 0.3 is 0 Å². The Balaban J connectivity index is 1.62. The van der Waals surface area contributed by atoms with E-state index in [0.717, 1.165) is 5.56 Å². The molecule has 1 atom stereocenters. The summed E-state index contributed by atoms with van der Waals surface area (Å²) in [6.07, 6.45) is 3.33. The van der Waals surface area contributed by atoms with Gasteiger partial charge in [-0.3, -0.25) is 4.79 Å². The molecule has 3 rings (SSSR count). The predicted molar refractivity (Wildman–Crippen MR) is 100.0 cm³/mol. The molecule has 1 aromatic carbocycles. The molecule has 26 heavy (non-hydrogen) atoms. The molecule has 138 valence electrons. The smallest absolute Gasteiger partial charge is 0.257 e. The molecule has 1 unspecified atom stereocenters. The highest BCUT2D eigenvalue weighted by molar-refractivity contribution is 7.91. The van der Waals surface area contributed by atoms with Gasteiger partial charge in [0, 0.05) is 37.1 Å². The predicted octanol–water partition coefficient (Wildman–Crippen LogP) is 2.00. The monoisotopic (exact) mass is 394 g/mol. The van der Waals surface area contributed by atoms with Gasteiger partial charge in [0.1, 0.15) is 0 Å². The lowest BCUT2D eigenvalue weighted by Gasteiger charge is -2.23. The average molecular weight is 395 g/mol. The third kappa shape index (κ3) is 4.31. The third-order valence-electron chi connectivity index (χ3n) is 4.37. The Morgan fingerprint density at radius 3 is 2.62 bits per heavy atom. The van der Waals surface area contributed by atoms with E-state index in [2.05, 4.69) is 15.3 Å². The van der Waals surface area contributed by atoms with Gasteiger partial charge in [-0.25, -0.2) is 18.4 Å². The van der Waals surface area contributed by atoms with Crippen molar-refractivity contribution >= 4 is 33.3 Å². The van der Waals surface area contributed by atoms with Crippen molar-refractivity contribution in [3.8, 4) is 0 Å². The van der Waals surface area contributed by atoms with Crippen LogP contribution in [-0.2, 0) is 16.4 Å². The zero-order valence-electron chi connectivity index (χ0n) is 14.2. The number of nitrogens with one attached hydrogen (secondary N) is 1. The van der Waals surface area contributed by atoms with E-state index in [1.165, 1.54) is 17.3 Å². The van der Waals surface area contributed by atoms with Gasteiger partial charge in [-0.15, -0.1) is 0 Å². The third-order valence-corrected chi connectivity index (χ3v) is 6.49. The molecule has 1 aromatic heterocycles. The van der Waals surface area contributed by atoms with E-state index >= 15 is 0 Å². The molecule has 1 fully saturated rings. The van der Waals surface area contributed by atoms with Crippen LogP contribution in [0.3, 0.4) is 0 Å². The summed E-state index contributed by atoms with van der Waals surface area (Å²) in [7, 11) is -1.44. The maximum absolute atomic E-state index is 12.5. The second-order valence-electron chi connectivity index (χ2n) is 6.21. The Labute approximate surface area is 157 Å². The van der Waals surface area contributed by atoms with Crippen molar-refractivity contribution < 1.29 is 13.2 Å². The molecule has 1 aliphatic rings. The van der Waals surface area contributed by atoms with Crippen LogP contribution in [0, 0.1) is 0 Å². The van der Waals surface area contributed by atoms with Crippen LogP contribution >= 0.6 is 11.6 Å². The average Bonchev–Trinajstić information content (AvgIpc) is 3.00. The standard InChI is InChI=1S/C17H19ClN4O3S/c1-22(14-6-7-26(24,25)11-14)16(23)13-9-20-17(21-10-13)19-8-12-4-2-3-5-15(12)18/h2-5,9-10,14H,6-8,11H2,1H3,(H,19,20,21). The molecular formula is C17H19ClN4O3S. The summed E-state index contributed by atoms with van der Waals surface area (Å²) in [5.41, 5.74) is 1.24. The molecule has 9 heteroatoms. The van der Waals surface area contributed by atoms with Gasteiger partial charge in [0.05, 0.1) is 17.1 Å². The van der Waals surface area contributed by atoms with E-state index in [4.69, 9.17) is 11.6 Å². The Morgan fingerprint density at radius 2 is 2.00 bits per heavy atom. The summed E-state index contributed by atoms with van der Waals surface area (Å²) in [5, 5.41) is 3.70. The van der Waals surface area contributed by atoms with Crippen molar-refractivity contribution in [1.29, 1.82) is 0 Å². The van der Waals surface area contributed by atoms with Gasteiger partial charge in [0.15, 0.2) is 9.84 Å². The Bertz CT molecular complexity index is 902. The van der Waals surface area contributed by atoms with E-state index < -0.39 is 9.84 Å². The van der Waals surface area contributed by atoms with Crippen molar-refractivity contribution in [3.63, 3.8) is 0 Å². The molecule has 7 nitrogen and oxygen atoms in total. The van der Waals surface area contributed by atoms with Crippen molar-refractivity contribution in [1.82, 2.24) is 14.9 Å². The largest absolute Gasteiger partial charge is 0.350 e. The first-order valence-corrected chi connectivity index (χ1v) is 10.3. The molecule has 2 aromatic rings. The van der Waals surface area contributed by atoms with Gasteiger partial charge < -0.3 is 10.2 Å². The molecule has 0 radical (unpaired) electrons. The quantitative estimate of drug-likeness (QED) is 0.833.